The molecule has 1 aliphatic heterocycles. The van der Waals surface area contributed by atoms with Crippen molar-refractivity contribution in [2.24, 2.45) is 0 Å². The highest BCUT2D eigenvalue weighted by Gasteiger charge is 1.94. The second-order valence-corrected chi connectivity index (χ2v) is 5.90. The highest BCUT2D eigenvalue weighted by molar-refractivity contribution is 7.26. The van der Waals surface area contributed by atoms with Crippen molar-refractivity contribution in [3.05, 3.63) is 85.1 Å². The van der Waals surface area contributed by atoms with Crippen LogP contribution in [0.25, 0.3) is 11.1 Å². The van der Waals surface area contributed by atoms with Crippen molar-refractivity contribution in [3.63, 3.8) is 0 Å². The molecule has 1 atom stereocenters. The fourth-order valence-electron chi connectivity index (χ4n) is 2.15. The Kier molecular flexibility index (Phi) is 8.78. The fraction of sp³-hybridized carbons (Fsp3) is 0.190. The summed E-state index contributed by atoms with van der Waals surface area (Å²) in [4.78, 5) is 3.94. The first-order chi connectivity index (χ1) is 11.9. The number of aromatic nitrogens is 1. The van der Waals surface area contributed by atoms with Gasteiger partial charge in [-0.2, -0.15) is 0 Å². The third-order valence-corrected chi connectivity index (χ3v) is 3.74. The Hall–Kier alpha value is -2.02. The Labute approximate surface area is 147 Å². The number of rotatable bonds is 1. The van der Waals surface area contributed by atoms with Gasteiger partial charge in [-0.15, -0.1) is 0 Å². The van der Waals surface area contributed by atoms with Gasteiger partial charge in [-0.3, -0.25) is 4.98 Å². The van der Waals surface area contributed by atoms with E-state index in [2.05, 4.69) is 62.8 Å². The molecule has 0 spiro atoms. The lowest BCUT2D eigenvalue weighted by Gasteiger charge is -1.98. The van der Waals surface area contributed by atoms with Crippen LogP contribution in [0.5, 0.6) is 0 Å². The Morgan fingerprint density at radius 2 is 1.17 bits per heavy atom. The number of hydrogen-bond donors (Lipinski definition) is 0. The number of ether oxygens (including phenoxy) is 1. The van der Waals surface area contributed by atoms with Gasteiger partial charge in [0, 0.05) is 19.4 Å². The Bertz CT molecular complexity index is 610. The van der Waals surface area contributed by atoms with Crippen molar-refractivity contribution in [1.82, 2.24) is 4.98 Å². The van der Waals surface area contributed by atoms with Crippen molar-refractivity contribution in [3.8, 4) is 11.1 Å². The van der Waals surface area contributed by atoms with E-state index in [9.17, 15) is 0 Å². The number of nitrogens with zero attached hydrogens (tertiary/aromatic N) is 1. The molecule has 1 fully saturated rings. The van der Waals surface area contributed by atoms with E-state index < -0.39 is 0 Å². The van der Waals surface area contributed by atoms with Gasteiger partial charge < -0.3 is 4.74 Å². The number of benzene rings is 2. The minimum atomic E-state index is 0.988. The van der Waals surface area contributed by atoms with Crippen LogP contribution in [0.15, 0.2) is 85.1 Å². The van der Waals surface area contributed by atoms with Crippen molar-refractivity contribution in [2.45, 2.75) is 12.8 Å². The van der Waals surface area contributed by atoms with Crippen LogP contribution >= 0.6 is 9.24 Å². The van der Waals surface area contributed by atoms with Gasteiger partial charge in [-0.1, -0.05) is 76.0 Å². The Balaban J connectivity index is 0.000000147. The zero-order valence-corrected chi connectivity index (χ0v) is 15.0. The van der Waals surface area contributed by atoms with Crippen molar-refractivity contribution < 1.29 is 4.74 Å². The molecule has 1 aliphatic rings. The molecule has 0 radical (unpaired) electrons. The van der Waals surface area contributed by atoms with E-state index >= 15 is 0 Å². The molecular weight excluding hydrogens is 313 g/mol. The normalized spacial score (nSPS) is 12.4. The average Bonchev–Trinajstić information content (AvgIpc) is 3.25. The maximum atomic E-state index is 4.94. The van der Waals surface area contributed by atoms with E-state index in [0.717, 1.165) is 18.6 Å². The van der Waals surface area contributed by atoms with E-state index in [0.29, 0.717) is 0 Å². The summed E-state index contributed by atoms with van der Waals surface area (Å²) >= 11 is 0. The molecule has 2 nitrogen and oxygen atoms in total. The third kappa shape index (κ3) is 7.50. The first kappa shape index (κ1) is 18.3. The van der Waals surface area contributed by atoms with Gasteiger partial charge in [0.05, 0.1) is 5.44 Å². The molecule has 4 rings (SSSR count). The summed E-state index contributed by atoms with van der Waals surface area (Å²) in [6.45, 7) is 2.00. The molecule has 3 aromatic rings. The van der Waals surface area contributed by atoms with Crippen LogP contribution in [0.4, 0.5) is 0 Å². The third-order valence-electron chi connectivity index (χ3n) is 3.40. The molecule has 0 aliphatic carbocycles. The Morgan fingerprint density at radius 1 is 0.667 bits per heavy atom. The van der Waals surface area contributed by atoms with Crippen molar-refractivity contribution in [2.75, 3.05) is 13.2 Å². The van der Waals surface area contributed by atoms with Crippen LogP contribution in [0.3, 0.4) is 0 Å². The molecule has 1 unspecified atom stereocenters. The minimum Gasteiger partial charge on any atom is -0.381 e. The topological polar surface area (TPSA) is 22.1 Å². The number of pyridine rings is 1. The summed E-state index contributed by atoms with van der Waals surface area (Å²) in [7, 11) is 2.52. The molecule has 1 saturated heterocycles. The van der Waals surface area contributed by atoms with Gasteiger partial charge in [-0.25, -0.2) is 0 Å². The summed E-state index contributed by atoms with van der Waals surface area (Å²) in [5.74, 6) is 0. The number of hydrogen-bond acceptors (Lipinski definition) is 2. The summed E-state index contributed by atoms with van der Waals surface area (Å²) in [5.41, 5.74) is 3.54. The molecule has 2 aromatic carbocycles. The molecule has 0 saturated carbocycles. The lowest BCUT2D eigenvalue weighted by molar-refractivity contribution is 0.198. The molecule has 0 amide bonds. The van der Waals surface area contributed by atoms with Gasteiger partial charge in [0.15, 0.2) is 0 Å². The first-order valence-electron chi connectivity index (χ1n) is 8.21. The summed E-state index contributed by atoms with van der Waals surface area (Å²) in [6, 6.07) is 26.6. The molecule has 1 aromatic heterocycles. The molecule has 124 valence electrons. The smallest absolute Gasteiger partial charge is 0.0569 e. The zero-order valence-electron chi connectivity index (χ0n) is 13.8. The maximum Gasteiger partial charge on any atom is 0.0569 e. The van der Waals surface area contributed by atoms with Gasteiger partial charge in [0.2, 0.25) is 0 Å². The highest BCUT2D eigenvalue weighted by atomic mass is 31.0. The first-order valence-corrected chi connectivity index (χ1v) is 8.79. The standard InChI is InChI=1S/C12H10.C5H6NP.C4H8O/c1-3-7-11(8-4-1)12-9-5-2-6-10-12;7-5-3-1-2-4-6-5;1-2-4-5-3-1/h1-10H;1-4H,7H2;1-4H2. The second-order valence-electron chi connectivity index (χ2n) is 5.31. The van der Waals surface area contributed by atoms with Crippen molar-refractivity contribution >= 4 is 14.7 Å². The fourth-order valence-corrected chi connectivity index (χ4v) is 2.34. The Morgan fingerprint density at radius 3 is 1.46 bits per heavy atom. The van der Waals surface area contributed by atoms with Crippen LogP contribution in [0.2, 0.25) is 0 Å². The van der Waals surface area contributed by atoms with Crippen LogP contribution in [-0.2, 0) is 4.74 Å². The lowest BCUT2D eigenvalue weighted by Crippen LogP contribution is -1.91. The van der Waals surface area contributed by atoms with E-state index in [1.807, 2.05) is 30.3 Å². The predicted molar refractivity (Wildman–Crippen MR) is 106 cm³/mol. The minimum absolute atomic E-state index is 0.988. The summed E-state index contributed by atoms with van der Waals surface area (Å²) in [5, 5.41) is 0. The van der Waals surface area contributed by atoms with E-state index in [1.165, 1.54) is 24.0 Å². The monoisotopic (exact) mass is 337 g/mol. The molecule has 0 bridgehead atoms. The molecule has 0 N–H and O–H groups in total. The average molecular weight is 337 g/mol. The van der Waals surface area contributed by atoms with Gasteiger partial charge >= 0.3 is 0 Å². The highest BCUT2D eigenvalue weighted by Crippen LogP contribution is 2.17. The lowest BCUT2D eigenvalue weighted by atomic mass is 10.1. The molecular formula is C21H24NOP. The maximum absolute atomic E-state index is 4.94. The molecule has 3 heteroatoms. The quantitative estimate of drug-likeness (QED) is 0.599. The molecule has 24 heavy (non-hydrogen) atoms. The van der Waals surface area contributed by atoms with Gasteiger partial charge in [-0.05, 0) is 36.1 Å². The summed E-state index contributed by atoms with van der Waals surface area (Å²) in [6.07, 6.45) is 4.32. The van der Waals surface area contributed by atoms with Gasteiger partial charge in [0.1, 0.15) is 0 Å². The predicted octanol–water partition coefficient (Wildman–Crippen LogP) is 4.73. The van der Waals surface area contributed by atoms with E-state index in [4.69, 9.17) is 4.74 Å². The van der Waals surface area contributed by atoms with E-state index in [1.54, 1.807) is 6.20 Å². The molecule has 2 heterocycles. The zero-order chi connectivity index (χ0) is 16.9. The summed E-state index contributed by atoms with van der Waals surface area (Å²) < 4.78 is 4.94. The van der Waals surface area contributed by atoms with Crippen LogP contribution in [0, 0.1) is 0 Å². The second kappa shape index (κ2) is 11.5. The van der Waals surface area contributed by atoms with Crippen LogP contribution in [-0.4, -0.2) is 18.2 Å². The largest absolute Gasteiger partial charge is 0.381 e. The van der Waals surface area contributed by atoms with Crippen LogP contribution < -0.4 is 5.44 Å². The van der Waals surface area contributed by atoms with Crippen LogP contribution in [0.1, 0.15) is 12.8 Å². The SMILES string of the molecule is C1CCOC1.Pc1ccccn1.c1ccc(-c2ccccc2)cc1. The van der Waals surface area contributed by atoms with Gasteiger partial charge in [0.25, 0.3) is 0 Å². The van der Waals surface area contributed by atoms with E-state index in [-0.39, 0.29) is 0 Å². The van der Waals surface area contributed by atoms with Crippen molar-refractivity contribution in [1.29, 1.82) is 0 Å².